The fraction of sp³-hybridized carbons (Fsp3) is 0.500. The number of nitrogens with one attached hydrogen (secondary N) is 1. The minimum atomic E-state index is -0.712. The zero-order valence-electron chi connectivity index (χ0n) is 16.0. The van der Waals surface area contributed by atoms with Crippen LogP contribution in [0, 0.1) is 18.3 Å². The van der Waals surface area contributed by atoms with Gasteiger partial charge in [0.15, 0.2) is 11.0 Å². The summed E-state index contributed by atoms with van der Waals surface area (Å²) in [5.74, 6) is 0.660. The second-order valence-corrected chi connectivity index (χ2v) is 8.49. The predicted molar refractivity (Wildman–Crippen MR) is 106 cm³/mol. The van der Waals surface area contributed by atoms with Crippen LogP contribution in [0.15, 0.2) is 29.4 Å². The van der Waals surface area contributed by atoms with Gasteiger partial charge in [-0.3, -0.25) is 4.79 Å². The maximum absolute atomic E-state index is 12.7. The first-order valence-corrected chi connectivity index (χ1v) is 10.2. The highest BCUT2D eigenvalue weighted by Crippen LogP contribution is 2.30. The van der Waals surface area contributed by atoms with Gasteiger partial charge in [-0.2, -0.15) is 5.26 Å². The van der Waals surface area contributed by atoms with E-state index in [1.165, 1.54) is 11.8 Å². The van der Waals surface area contributed by atoms with Crippen LogP contribution in [-0.4, -0.2) is 31.5 Å². The molecular formula is C20H25N5OS. The highest BCUT2D eigenvalue weighted by atomic mass is 32.2. The summed E-state index contributed by atoms with van der Waals surface area (Å²) in [6.45, 7) is 3.88. The quantitative estimate of drug-likeness (QED) is 0.797. The average molecular weight is 384 g/mol. The van der Waals surface area contributed by atoms with Crippen LogP contribution in [-0.2, 0) is 11.8 Å². The van der Waals surface area contributed by atoms with E-state index in [-0.39, 0.29) is 11.2 Å². The van der Waals surface area contributed by atoms with Gasteiger partial charge in [0, 0.05) is 12.6 Å². The SMILES string of the molecule is Cc1ccccc1-c1nnc(S[C@@H](C)C(=O)NC2(C#N)CCCCC2)n1C. The number of carbonyl (C=O) groups excluding carboxylic acids is 1. The topological polar surface area (TPSA) is 83.6 Å². The first-order valence-electron chi connectivity index (χ1n) is 9.31. The van der Waals surface area contributed by atoms with E-state index in [1.807, 2.05) is 49.7 Å². The van der Waals surface area contributed by atoms with Crippen LogP contribution in [0.2, 0.25) is 0 Å². The maximum Gasteiger partial charge on any atom is 0.234 e. The summed E-state index contributed by atoms with van der Waals surface area (Å²) in [6.07, 6.45) is 4.56. The van der Waals surface area contributed by atoms with Crippen molar-refractivity contribution in [1.82, 2.24) is 20.1 Å². The number of carbonyl (C=O) groups is 1. The molecule has 0 saturated heterocycles. The molecule has 27 heavy (non-hydrogen) atoms. The number of benzene rings is 1. The summed E-state index contributed by atoms with van der Waals surface area (Å²) in [5.41, 5.74) is 1.45. The van der Waals surface area contributed by atoms with E-state index in [1.54, 1.807) is 0 Å². The van der Waals surface area contributed by atoms with Crippen molar-refractivity contribution >= 4 is 17.7 Å². The van der Waals surface area contributed by atoms with Gasteiger partial charge in [0.1, 0.15) is 5.54 Å². The molecule has 0 radical (unpaired) electrons. The molecule has 1 aromatic carbocycles. The third-order valence-electron chi connectivity index (χ3n) is 5.16. The van der Waals surface area contributed by atoms with Crippen molar-refractivity contribution in [1.29, 1.82) is 5.26 Å². The summed E-state index contributed by atoms with van der Waals surface area (Å²) in [5, 5.41) is 21.5. The Morgan fingerprint density at radius 1 is 1.30 bits per heavy atom. The Kier molecular flexibility index (Phi) is 5.85. The van der Waals surface area contributed by atoms with Gasteiger partial charge in [0.2, 0.25) is 5.91 Å². The second kappa shape index (κ2) is 8.13. The number of aryl methyl sites for hydroxylation is 1. The minimum Gasteiger partial charge on any atom is -0.337 e. The van der Waals surface area contributed by atoms with Crippen LogP contribution >= 0.6 is 11.8 Å². The number of hydrogen-bond acceptors (Lipinski definition) is 5. The number of hydrogen-bond donors (Lipinski definition) is 1. The van der Waals surface area contributed by atoms with E-state index in [9.17, 15) is 10.1 Å². The molecule has 1 heterocycles. The number of rotatable bonds is 5. The van der Waals surface area contributed by atoms with Crippen molar-refractivity contribution in [3.05, 3.63) is 29.8 Å². The summed E-state index contributed by atoms with van der Waals surface area (Å²) in [7, 11) is 1.91. The zero-order chi connectivity index (χ0) is 19.4. The van der Waals surface area contributed by atoms with E-state index in [0.717, 1.165) is 49.1 Å². The molecule has 7 heteroatoms. The molecule has 1 atom stereocenters. The molecule has 1 fully saturated rings. The summed E-state index contributed by atoms with van der Waals surface area (Å²) >= 11 is 1.37. The van der Waals surface area contributed by atoms with Crippen molar-refractivity contribution < 1.29 is 4.79 Å². The fourth-order valence-electron chi connectivity index (χ4n) is 3.45. The lowest BCUT2D eigenvalue weighted by Gasteiger charge is -2.32. The van der Waals surface area contributed by atoms with Gasteiger partial charge < -0.3 is 9.88 Å². The predicted octanol–water partition coefficient (Wildman–Crippen LogP) is 3.61. The van der Waals surface area contributed by atoms with Gasteiger partial charge in [-0.1, -0.05) is 55.3 Å². The van der Waals surface area contributed by atoms with E-state index in [2.05, 4.69) is 21.6 Å². The van der Waals surface area contributed by atoms with E-state index < -0.39 is 5.54 Å². The van der Waals surface area contributed by atoms with Gasteiger partial charge in [-0.05, 0) is 32.3 Å². The van der Waals surface area contributed by atoms with Crippen LogP contribution < -0.4 is 5.32 Å². The molecular weight excluding hydrogens is 358 g/mol. The van der Waals surface area contributed by atoms with E-state index in [0.29, 0.717) is 5.16 Å². The molecule has 1 aliphatic carbocycles. The molecule has 0 spiro atoms. The van der Waals surface area contributed by atoms with Crippen LogP contribution in [0.3, 0.4) is 0 Å². The average Bonchev–Trinajstić information content (AvgIpc) is 3.03. The number of aromatic nitrogens is 3. The molecule has 3 rings (SSSR count). The molecule has 0 aliphatic heterocycles. The van der Waals surface area contributed by atoms with Crippen molar-refractivity contribution in [3.63, 3.8) is 0 Å². The third kappa shape index (κ3) is 4.16. The second-order valence-electron chi connectivity index (χ2n) is 7.18. The lowest BCUT2D eigenvalue weighted by atomic mass is 9.83. The Hall–Kier alpha value is -2.33. The van der Waals surface area contributed by atoms with Crippen molar-refractivity contribution in [2.45, 2.75) is 61.9 Å². The summed E-state index contributed by atoms with van der Waals surface area (Å²) in [6, 6.07) is 10.4. The molecule has 1 amide bonds. The Morgan fingerprint density at radius 3 is 2.67 bits per heavy atom. The van der Waals surface area contributed by atoms with Crippen molar-refractivity contribution in [2.24, 2.45) is 7.05 Å². The number of amides is 1. The Labute approximate surface area is 164 Å². The molecule has 142 valence electrons. The standard InChI is InChI=1S/C20H25N5OS/c1-14-9-5-6-10-16(14)17-23-24-19(25(17)3)27-15(2)18(26)22-20(13-21)11-7-4-8-12-20/h5-6,9-10,15H,4,7-8,11-12H2,1-3H3,(H,22,26)/t15-/m0/s1. The first kappa shape index (κ1) is 19.4. The lowest BCUT2D eigenvalue weighted by molar-refractivity contribution is -0.121. The highest BCUT2D eigenvalue weighted by molar-refractivity contribution is 8.00. The molecule has 1 aromatic heterocycles. The van der Waals surface area contributed by atoms with Crippen LogP contribution in [0.1, 0.15) is 44.6 Å². The number of nitriles is 1. The zero-order valence-corrected chi connectivity index (χ0v) is 16.8. The first-order chi connectivity index (χ1) is 13.0. The third-order valence-corrected chi connectivity index (χ3v) is 6.29. The van der Waals surface area contributed by atoms with Crippen LogP contribution in [0.4, 0.5) is 0 Å². The largest absolute Gasteiger partial charge is 0.337 e. The Balaban J connectivity index is 1.71. The Morgan fingerprint density at radius 2 is 2.00 bits per heavy atom. The molecule has 0 bridgehead atoms. The van der Waals surface area contributed by atoms with Gasteiger partial charge >= 0.3 is 0 Å². The van der Waals surface area contributed by atoms with Gasteiger partial charge in [0.25, 0.3) is 0 Å². The molecule has 1 saturated carbocycles. The monoisotopic (exact) mass is 383 g/mol. The molecule has 0 unspecified atom stereocenters. The van der Waals surface area contributed by atoms with Crippen LogP contribution in [0.25, 0.3) is 11.4 Å². The van der Waals surface area contributed by atoms with Gasteiger partial charge in [0.05, 0.1) is 11.3 Å². The smallest absolute Gasteiger partial charge is 0.234 e. The number of thioether (sulfide) groups is 1. The normalized spacial score (nSPS) is 17.1. The number of nitrogens with zero attached hydrogens (tertiary/aromatic N) is 4. The lowest BCUT2D eigenvalue weighted by Crippen LogP contribution is -2.50. The van der Waals surface area contributed by atoms with Crippen molar-refractivity contribution in [2.75, 3.05) is 0 Å². The fourth-order valence-corrected chi connectivity index (χ4v) is 4.26. The summed E-state index contributed by atoms with van der Waals surface area (Å²) < 4.78 is 1.91. The summed E-state index contributed by atoms with van der Waals surface area (Å²) in [4.78, 5) is 12.7. The van der Waals surface area contributed by atoms with E-state index >= 15 is 0 Å². The molecule has 1 N–H and O–H groups in total. The Bertz CT molecular complexity index is 863. The molecule has 1 aliphatic rings. The molecule has 6 nitrogen and oxygen atoms in total. The molecule has 2 aromatic rings. The van der Waals surface area contributed by atoms with E-state index in [4.69, 9.17) is 0 Å². The van der Waals surface area contributed by atoms with Crippen molar-refractivity contribution in [3.8, 4) is 17.5 Å². The van der Waals surface area contributed by atoms with Crippen LogP contribution in [0.5, 0.6) is 0 Å². The van der Waals surface area contributed by atoms with Gasteiger partial charge in [-0.25, -0.2) is 0 Å². The minimum absolute atomic E-state index is 0.121. The maximum atomic E-state index is 12.7. The van der Waals surface area contributed by atoms with Gasteiger partial charge in [-0.15, -0.1) is 10.2 Å². The highest BCUT2D eigenvalue weighted by Gasteiger charge is 2.35.